The summed E-state index contributed by atoms with van der Waals surface area (Å²) in [6, 6.07) is 3.33. The van der Waals surface area contributed by atoms with Crippen molar-refractivity contribution < 1.29 is 9.90 Å². The van der Waals surface area contributed by atoms with Gasteiger partial charge < -0.3 is 14.9 Å². The van der Waals surface area contributed by atoms with Crippen molar-refractivity contribution in [2.45, 2.75) is 18.9 Å². The van der Waals surface area contributed by atoms with E-state index in [0.29, 0.717) is 0 Å². The number of hydrogen-bond acceptors (Lipinski definition) is 4. The number of hydrogen-bond donors (Lipinski definition) is 1. The third-order valence-corrected chi connectivity index (χ3v) is 3.20. The first-order valence-electron chi connectivity index (χ1n) is 6.19. The Hall–Kier alpha value is -1.62. The summed E-state index contributed by atoms with van der Waals surface area (Å²) in [7, 11) is 4.00. The first-order chi connectivity index (χ1) is 8.59. The molecular formula is C13H19N3O2. The first kappa shape index (κ1) is 12.8. The number of aromatic nitrogens is 1. The zero-order valence-corrected chi connectivity index (χ0v) is 10.8. The molecule has 1 aromatic rings. The zero-order valence-electron chi connectivity index (χ0n) is 10.8. The van der Waals surface area contributed by atoms with Gasteiger partial charge in [-0.1, -0.05) is 0 Å². The Morgan fingerprint density at radius 2 is 2.39 bits per heavy atom. The van der Waals surface area contributed by atoms with Crippen molar-refractivity contribution in [3.63, 3.8) is 0 Å². The molecule has 0 bridgehead atoms. The Labute approximate surface area is 107 Å². The smallest absolute Gasteiger partial charge is 0.276 e. The minimum atomic E-state index is -0.169. The number of carbonyl (C=O) groups excluding carboxylic acids is 1. The van der Waals surface area contributed by atoms with Crippen LogP contribution in [0.4, 0.5) is 0 Å². The standard InChI is InChI=1S/C13H19N3O2/c1-15(2)9-10-5-4-8-16(10)13(18)12-11(17)6-3-7-14-12/h3,6-7,10,17H,4-5,8-9H2,1-2H3. The average molecular weight is 249 g/mol. The predicted octanol–water partition coefficient (Wildman–Crippen LogP) is 0.953. The number of pyridine rings is 1. The van der Waals surface area contributed by atoms with E-state index in [9.17, 15) is 9.90 Å². The second-order valence-corrected chi connectivity index (χ2v) is 4.93. The number of aromatic hydroxyl groups is 1. The molecule has 5 heteroatoms. The number of rotatable bonds is 3. The monoisotopic (exact) mass is 249 g/mol. The summed E-state index contributed by atoms with van der Waals surface area (Å²) in [6.07, 6.45) is 3.55. The van der Waals surface area contributed by atoms with Crippen LogP contribution in [-0.4, -0.2) is 59.0 Å². The van der Waals surface area contributed by atoms with Gasteiger partial charge in [0.15, 0.2) is 5.69 Å². The largest absolute Gasteiger partial charge is 0.505 e. The van der Waals surface area contributed by atoms with Crippen LogP contribution in [0.5, 0.6) is 5.75 Å². The molecule has 1 amide bonds. The van der Waals surface area contributed by atoms with Crippen LogP contribution < -0.4 is 0 Å². The van der Waals surface area contributed by atoms with E-state index in [1.807, 2.05) is 19.0 Å². The quantitative estimate of drug-likeness (QED) is 0.866. The van der Waals surface area contributed by atoms with Crippen molar-refractivity contribution >= 4 is 5.91 Å². The molecule has 0 aromatic carbocycles. The highest BCUT2D eigenvalue weighted by molar-refractivity contribution is 5.95. The molecule has 1 atom stereocenters. The van der Waals surface area contributed by atoms with Gasteiger partial charge in [0.2, 0.25) is 0 Å². The van der Waals surface area contributed by atoms with E-state index in [-0.39, 0.29) is 23.4 Å². The molecule has 0 aliphatic carbocycles. The summed E-state index contributed by atoms with van der Waals surface area (Å²) >= 11 is 0. The molecule has 5 nitrogen and oxygen atoms in total. The highest BCUT2D eigenvalue weighted by Gasteiger charge is 2.31. The number of likely N-dealkylation sites (tertiary alicyclic amines) is 1. The van der Waals surface area contributed by atoms with Crippen LogP contribution in [0.2, 0.25) is 0 Å². The summed E-state index contributed by atoms with van der Waals surface area (Å²) < 4.78 is 0. The van der Waals surface area contributed by atoms with Crippen molar-refractivity contribution in [3.05, 3.63) is 24.0 Å². The molecule has 1 aliphatic heterocycles. The maximum atomic E-state index is 12.3. The second-order valence-electron chi connectivity index (χ2n) is 4.93. The lowest BCUT2D eigenvalue weighted by Crippen LogP contribution is -2.41. The summed E-state index contributed by atoms with van der Waals surface area (Å²) in [6.45, 7) is 1.59. The Bertz CT molecular complexity index is 434. The molecule has 1 aliphatic rings. The summed E-state index contributed by atoms with van der Waals surface area (Å²) in [4.78, 5) is 20.2. The molecule has 1 unspecified atom stereocenters. The van der Waals surface area contributed by atoms with Gasteiger partial charge in [-0.25, -0.2) is 4.98 Å². The Morgan fingerprint density at radius 3 is 3.06 bits per heavy atom. The van der Waals surface area contributed by atoms with Gasteiger partial charge >= 0.3 is 0 Å². The van der Waals surface area contributed by atoms with Gasteiger partial charge in [-0.15, -0.1) is 0 Å². The summed E-state index contributed by atoms with van der Waals surface area (Å²) in [5, 5.41) is 9.69. The van der Waals surface area contributed by atoms with Gasteiger partial charge in [-0.2, -0.15) is 0 Å². The van der Waals surface area contributed by atoms with Crippen LogP contribution >= 0.6 is 0 Å². The molecule has 1 fully saturated rings. The van der Waals surface area contributed by atoms with Crippen LogP contribution in [-0.2, 0) is 0 Å². The molecule has 98 valence electrons. The van der Waals surface area contributed by atoms with Crippen molar-refractivity contribution in [3.8, 4) is 5.75 Å². The van der Waals surface area contributed by atoms with Gasteiger partial charge in [0, 0.05) is 25.3 Å². The Balaban J connectivity index is 2.15. The molecule has 1 saturated heterocycles. The number of carbonyl (C=O) groups is 1. The normalized spacial score (nSPS) is 19.5. The SMILES string of the molecule is CN(C)CC1CCCN1C(=O)c1ncccc1O. The molecular weight excluding hydrogens is 230 g/mol. The van der Waals surface area contributed by atoms with Gasteiger partial charge in [-0.3, -0.25) is 4.79 Å². The van der Waals surface area contributed by atoms with Crippen molar-refractivity contribution in [2.75, 3.05) is 27.2 Å². The highest BCUT2D eigenvalue weighted by Crippen LogP contribution is 2.23. The molecule has 1 N–H and O–H groups in total. The van der Waals surface area contributed by atoms with E-state index in [1.165, 1.54) is 12.3 Å². The van der Waals surface area contributed by atoms with E-state index in [4.69, 9.17) is 0 Å². The Morgan fingerprint density at radius 1 is 1.61 bits per heavy atom. The third-order valence-electron chi connectivity index (χ3n) is 3.20. The van der Waals surface area contributed by atoms with Crippen molar-refractivity contribution in [2.24, 2.45) is 0 Å². The molecule has 1 aromatic heterocycles. The maximum absolute atomic E-state index is 12.3. The minimum Gasteiger partial charge on any atom is -0.505 e. The topological polar surface area (TPSA) is 56.7 Å². The average Bonchev–Trinajstić information content (AvgIpc) is 2.76. The van der Waals surface area contributed by atoms with Crippen LogP contribution in [0, 0.1) is 0 Å². The Kier molecular flexibility index (Phi) is 3.81. The first-order valence-corrected chi connectivity index (χ1v) is 6.19. The number of nitrogens with zero attached hydrogens (tertiary/aromatic N) is 3. The maximum Gasteiger partial charge on any atom is 0.276 e. The van der Waals surface area contributed by atoms with Crippen LogP contribution in [0.25, 0.3) is 0 Å². The minimum absolute atomic E-state index is 0.0435. The van der Waals surface area contributed by atoms with E-state index in [0.717, 1.165) is 25.9 Å². The van der Waals surface area contributed by atoms with Crippen LogP contribution in [0.3, 0.4) is 0 Å². The molecule has 2 heterocycles. The van der Waals surface area contributed by atoms with Gasteiger partial charge in [0.05, 0.1) is 0 Å². The molecule has 0 saturated carbocycles. The third kappa shape index (κ3) is 2.61. The van der Waals surface area contributed by atoms with Crippen LogP contribution in [0.1, 0.15) is 23.3 Å². The van der Waals surface area contributed by atoms with E-state index in [1.54, 1.807) is 6.07 Å². The second kappa shape index (κ2) is 5.35. The summed E-state index contributed by atoms with van der Waals surface area (Å²) in [5.41, 5.74) is 0.156. The lowest BCUT2D eigenvalue weighted by molar-refractivity contribution is 0.0707. The van der Waals surface area contributed by atoms with E-state index >= 15 is 0 Å². The fourth-order valence-electron chi connectivity index (χ4n) is 2.41. The van der Waals surface area contributed by atoms with Crippen LogP contribution in [0.15, 0.2) is 18.3 Å². The van der Waals surface area contributed by atoms with E-state index in [2.05, 4.69) is 9.88 Å². The highest BCUT2D eigenvalue weighted by atomic mass is 16.3. The van der Waals surface area contributed by atoms with Gasteiger partial charge in [0.1, 0.15) is 5.75 Å². The molecule has 2 rings (SSSR count). The fourth-order valence-corrected chi connectivity index (χ4v) is 2.41. The van der Waals surface area contributed by atoms with Gasteiger partial charge in [0.25, 0.3) is 5.91 Å². The van der Waals surface area contributed by atoms with E-state index < -0.39 is 0 Å². The predicted molar refractivity (Wildman–Crippen MR) is 68.5 cm³/mol. The van der Waals surface area contributed by atoms with Crippen molar-refractivity contribution in [1.82, 2.24) is 14.8 Å². The lowest BCUT2D eigenvalue weighted by atomic mass is 10.2. The molecule has 18 heavy (non-hydrogen) atoms. The van der Waals surface area contributed by atoms with Gasteiger partial charge in [-0.05, 0) is 39.1 Å². The zero-order chi connectivity index (χ0) is 13.1. The van der Waals surface area contributed by atoms with Crippen molar-refractivity contribution in [1.29, 1.82) is 0 Å². The number of amides is 1. The lowest BCUT2D eigenvalue weighted by Gasteiger charge is -2.27. The number of likely N-dealkylation sites (N-methyl/N-ethyl adjacent to an activating group) is 1. The molecule has 0 spiro atoms. The molecule has 0 radical (unpaired) electrons. The fraction of sp³-hybridized carbons (Fsp3) is 0.538. The summed E-state index contributed by atoms with van der Waals surface area (Å²) in [5.74, 6) is -0.213.